The van der Waals surface area contributed by atoms with Crippen molar-refractivity contribution in [1.29, 1.82) is 0 Å². The number of carbonyl (C=O) groups excluding carboxylic acids is 1. The largest absolute Gasteiger partial charge is 0.347 e. The molecule has 130 valence electrons. The molecule has 25 heavy (non-hydrogen) atoms. The summed E-state index contributed by atoms with van der Waals surface area (Å²) in [6.45, 7) is 4.03. The van der Waals surface area contributed by atoms with E-state index in [-0.39, 0.29) is 16.7 Å². The molecule has 2 aromatic heterocycles. The Labute approximate surface area is 149 Å². The Kier molecular flexibility index (Phi) is 4.59. The topological polar surface area (TPSA) is 102 Å². The van der Waals surface area contributed by atoms with Crippen LogP contribution in [-0.2, 0) is 16.6 Å². The van der Waals surface area contributed by atoms with Gasteiger partial charge in [-0.25, -0.2) is 13.6 Å². The second-order valence-corrected chi connectivity index (χ2v) is 8.74. The van der Waals surface area contributed by atoms with E-state index in [0.29, 0.717) is 10.4 Å². The van der Waals surface area contributed by atoms with Gasteiger partial charge in [0.05, 0.1) is 17.6 Å². The number of amides is 1. The summed E-state index contributed by atoms with van der Waals surface area (Å²) >= 11 is 1.05. The van der Waals surface area contributed by atoms with E-state index >= 15 is 0 Å². The quantitative estimate of drug-likeness (QED) is 0.731. The number of nitrogens with zero attached hydrogens (tertiary/aromatic N) is 1. The number of pyridine rings is 1. The molecule has 8 heteroatoms. The number of hydrogen-bond acceptors (Lipinski definition) is 5. The highest BCUT2D eigenvalue weighted by Crippen LogP contribution is 2.22. The molecule has 3 rings (SSSR count). The van der Waals surface area contributed by atoms with Crippen LogP contribution in [0.25, 0.3) is 10.9 Å². The molecule has 0 aliphatic rings. The first-order valence-corrected chi connectivity index (χ1v) is 9.88. The lowest BCUT2D eigenvalue weighted by molar-refractivity contribution is 0.0953. The summed E-state index contributed by atoms with van der Waals surface area (Å²) in [5.41, 5.74) is 3.12. The highest BCUT2D eigenvalue weighted by Gasteiger charge is 2.14. The van der Waals surface area contributed by atoms with E-state index in [1.165, 1.54) is 6.07 Å². The van der Waals surface area contributed by atoms with Crippen LogP contribution in [-0.4, -0.2) is 19.3 Å². The highest BCUT2D eigenvalue weighted by atomic mass is 32.2. The predicted molar refractivity (Wildman–Crippen MR) is 98.1 cm³/mol. The Morgan fingerprint density at radius 3 is 2.64 bits per heavy atom. The van der Waals surface area contributed by atoms with Crippen molar-refractivity contribution in [3.05, 3.63) is 58.1 Å². The van der Waals surface area contributed by atoms with E-state index < -0.39 is 10.0 Å². The van der Waals surface area contributed by atoms with Crippen molar-refractivity contribution >= 4 is 38.2 Å². The van der Waals surface area contributed by atoms with Gasteiger partial charge < -0.3 is 5.32 Å². The Morgan fingerprint density at radius 2 is 1.96 bits per heavy atom. The van der Waals surface area contributed by atoms with E-state index in [0.717, 1.165) is 33.5 Å². The van der Waals surface area contributed by atoms with E-state index in [2.05, 4.69) is 10.3 Å². The first-order chi connectivity index (χ1) is 11.7. The number of aryl methyl sites for hydroxylation is 2. The molecule has 0 unspecified atom stereocenters. The van der Waals surface area contributed by atoms with Gasteiger partial charge in [-0.2, -0.15) is 0 Å². The van der Waals surface area contributed by atoms with Gasteiger partial charge in [0.15, 0.2) is 0 Å². The number of aromatic nitrogens is 1. The molecule has 6 nitrogen and oxygen atoms in total. The number of benzene rings is 1. The second kappa shape index (κ2) is 6.55. The zero-order valence-electron chi connectivity index (χ0n) is 13.7. The number of fused-ring (bicyclic) bond motifs is 1. The molecular weight excluding hydrogens is 358 g/mol. The smallest absolute Gasteiger partial charge is 0.252 e. The van der Waals surface area contributed by atoms with E-state index in [9.17, 15) is 13.2 Å². The summed E-state index contributed by atoms with van der Waals surface area (Å²) in [5.74, 6) is -0.230. The van der Waals surface area contributed by atoms with Crippen molar-refractivity contribution in [2.24, 2.45) is 5.14 Å². The summed E-state index contributed by atoms with van der Waals surface area (Å²) in [6, 6.07) is 10.6. The fraction of sp³-hybridized carbons (Fsp3) is 0.176. The molecular formula is C17H17N3O3S2. The molecule has 0 radical (unpaired) electrons. The van der Waals surface area contributed by atoms with Crippen LogP contribution >= 0.6 is 11.3 Å². The van der Waals surface area contributed by atoms with Crippen molar-refractivity contribution in [3.63, 3.8) is 0 Å². The van der Waals surface area contributed by atoms with Crippen LogP contribution in [0.1, 0.15) is 26.5 Å². The van der Waals surface area contributed by atoms with Gasteiger partial charge in [0.1, 0.15) is 4.21 Å². The van der Waals surface area contributed by atoms with Gasteiger partial charge in [0.25, 0.3) is 5.91 Å². The van der Waals surface area contributed by atoms with E-state index in [1.807, 2.05) is 32.0 Å². The first kappa shape index (κ1) is 17.5. The number of hydrogen-bond donors (Lipinski definition) is 2. The highest BCUT2D eigenvalue weighted by molar-refractivity contribution is 7.91. The lowest BCUT2D eigenvalue weighted by atomic mass is 10.0. The first-order valence-electron chi connectivity index (χ1n) is 7.52. The summed E-state index contributed by atoms with van der Waals surface area (Å²) in [4.78, 5) is 17.8. The Bertz CT molecular complexity index is 1070. The minimum absolute atomic E-state index is 0.0811. The minimum atomic E-state index is -3.71. The molecule has 0 saturated heterocycles. The lowest BCUT2D eigenvalue weighted by Crippen LogP contribution is -2.23. The number of nitrogens with one attached hydrogen (secondary N) is 1. The average Bonchev–Trinajstić information content (AvgIpc) is 3.01. The molecule has 2 heterocycles. The minimum Gasteiger partial charge on any atom is -0.347 e. The number of rotatable bonds is 4. The van der Waals surface area contributed by atoms with Crippen molar-refractivity contribution < 1.29 is 13.2 Å². The van der Waals surface area contributed by atoms with Gasteiger partial charge in [-0.05, 0) is 44.2 Å². The number of primary sulfonamides is 1. The second-order valence-electron chi connectivity index (χ2n) is 5.78. The van der Waals surface area contributed by atoms with E-state index in [4.69, 9.17) is 5.14 Å². The third-order valence-corrected chi connectivity index (χ3v) is 6.20. The molecule has 0 bridgehead atoms. The van der Waals surface area contributed by atoms with E-state index in [1.54, 1.807) is 12.1 Å². The fourth-order valence-electron chi connectivity index (χ4n) is 2.53. The lowest BCUT2D eigenvalue weighted by Gasteiger charge is -2.09. The van der Waals surface area contributed by atoms with Crippen LogP contribution in [0.15, 0.2) is 40.6 Å². The molecule has 0 aliphatic carbocycles. The van der Waals surface area contributed by atoms with Crippen LogP contribution in [0.4, 0.5) is 0 Å². The third kappa shape index (κ3) is 3.87. The van der Waals surface area contributed by atoms with Crippen LogP contribution in [0.2, 0.25) is 0 Å². The van der Waals surface area contributed by atoms with Crippen LogP contribution in [0, 0.1) is 13.8 Å². The summed E-state index contributed by atoms with van der Waals surface area (Å²) in [6.07, 6.45) is 0. The molecule has 0 saturated carbocycles. The number of carbonyl (C=O) groups is 1. The zero-order chi connectivity index (χ0) is 18.2. The molecule has 3 N–H and O–H groups in total. The van der Waals surface area contributed by atoms with Crippen molar-refractivity contribution in [1.82, 2.24) is 10.3 Å². The Balaban J connectivity index is 1.85. The summed E-state index contributed by atoms with van der Waals surface area (Å²) in [7, 11) is -3.71. The maximum Gasteiger partial charge on any atom is 0.252 e. The molecule has 0 fully saturated rings. The molecule has 1 aromatic carbocycles. The van der Waals surface area contributed by atoms with Crippen molar-refractivity contribution in [2.75, 3.05) is 0 Å². The predicted octanol–water partition coefficient (Wildman–Crippen LogP) is 2.49. The maximum absolute atomic E-state index is 12.6. The number of thiophene rings is 1. The zero-order valence-corrected chi connectivity index (χ0v) is 15.4. The van der Waals surface area contributed by atoms with Gasteiger partial charge >= 0.3 is 0 Å². The fourth-order valence-corrected chi connectivity index (χ4v) is 4.25. The van der Waals surface area contributed by atoms with Gasteiger partial charge in [-0.3, -0.25) is 9.78 Å². The van der Waals surface area contributed by atoms with Gasteiger partial charge in [0.2, 0.25) is 10.0 Å². The SMILES string of the molecule is Cc1ccc2nc(C)cc(C(=O)NCc3ccc(S(N)(=O)=O)s3)c2c1. The van der Waals surface area contributed by atoms with Crippen LogP contribution in [0.5, 0.6) is 0 Å². The van der Waals surface area contributed by atoms with Crippen LogP contribution in [0.3, 0.4) is 0 Å². The number of sulfonamides is 1. The van der Waals surface area contributed by atoms with Gasteiger partial charge in [-0.1, -0.05) is 11.6 Å². The van der Waals surface area contributed by atoms with Crippen LogP contribution < -0.4 is 10.5 Å². The molecule has 3 aromatic rings. The third-order valence-electron chi connectivity index (χ3n) is 3.68. The molecule has 1 amide bonds. The van der Waals surface area contributed by atoms with Gasteiger partial charge in [0, 0.05) is 16.0 Å². The standard InChI is InChI=1S/C17H17N3O3S2/c1-10-3-5-15-13(7-10)14(8-11(2)20-15)17(21)19-9-12-4-6-16(24-12)25(18,22)23/h3-8H,9H2,1-2H3,(H,19,21)(H2,18,22,23). The molecule has 0 spiro atoms. The molecule has 0 atom stereocenters. The summed E-state index contributed by atoms with van der Waals surface area (Å²) < 4.78 is 22.7. The normalized spacial score (nSPS) is 11.6. The maximum atomic E-state index is 12.6. The Morgan fingerprint density at radius 1 is 1.20 bits per heavy atom. The van der Waals surface area contributed by atoms with Crippen molar-refractivity contribution in [3.8, 4) is 0 Å². The molecule has 0 aliphatic heterocycles. The number of nitrogens with two attached hydrogens (primary N) is 1. The Hall–Kier alpha value is -2.29. The van der Waals surface area contributed by atoms with Gasteiger partial charge in [-0.15, -0.1) is 11.3 Å². The average molecular weight is 375 g/mol. The summed E-state index contributed by atoms with van der Waals surface area (Å²) in [5, 5.41) is 8.72. The van der Waals surface area contributed by atoms with Crippen molar-refractivity contribution in [2.45, 2.75) is 24.6 Å². The monoisotopic (exact) mass is 375 g/mol.